The lowest BCUT2D eigenvalue weighted by Crippen LogP contribution is -2.43. The molecule has 2 aromatic carbocycles. The molecular formula is C24H28N4O2. The van der Waals surface area contributed by atoms with E-state index >= 15 is 0 Å². The Morgan fingerprint density at radius 1 is 1.10 bits per heavy atom. The molecule has 1 aliphatic rings. The Morgan fingerprint density at radius 2 is 1.83 bits per heavy atom. The second kappa shape index (κ2) is 7.94. The van der Waals surface area contributed by atoms with Crippen LogP contribution in [0.3, 0.4) is 0 Å². The molecule has 2 heterocycles. The molecule has 156 valence electrons. The molecule has 1 aliphatic heterocycles. The van der Waals surface area contributed by atoms with Crippen molar-refractivity contribution in [3.63, 3.8) is 0 Å². The Hall–Kier alpha value is -3.15. The van der Waals surface area contributed by atoms with Gasteiger partial charge in [-0.3, -0.25) is 4.79 Å². The Balaban J connectivity index is 1.70. The fourth-order valence-electron chi connectivity index (χ4n) is 3.65. The first-order chi connectivity index (χ1) is 14.3. The summed E-state index contributed by atoms with van der Waals surface area (Å²) in [6, 6.07) is 15.9. The predicted octanol–water partition coefficient (Wildman–Crippen LogP) is 4.05. The molecule has 1 amide bonds. The van der Waals surface area contributed by atoms with Gasteiger partial charge in [0.05, 0.1) is 18.1 Å². The van der Waals surface area contributed by atoms with Gasteiger partial charge in [0.15, 0.2) is 5.82 Å². The van der Waals surface area contributed by atoms with Crippen LogP contribution in [0.5, 0.6) is 5.75 Å². The molecule has 1 atom stereocenters. The van der Waals surface area contributed by atoms with E-state index in [1.54, 1.807) is 7.11 Å². The average molecular weight is 405 g/mol. The van der Waals surface area contributed by atoms with E-state index in [9.17, 15) is 4.79 Å². The van der Waals surface area contributed by atoms with E-state index in [4.69, 9.17) is 14.7 Å². The number of hydrogen-bond donors (Lipinski definition) is 1. The van der Waals surface area contributed by atoms with Gasteiger partial charge in [0.1, 0.15) is 11.4 Å². The summed E-state index contributed by atoms with van der Waals surface area (Å²) in [5, 5.41) is 3.18. The number of methoxy groups -OCH3 is 1. The number of amides is 1. The zero-order chi connectivity index (χ0) is 21.3. The van der Waals surface area contributed by atoms with E-state index in [-0.39, 0.29) is 11.9 Å². The van der Waals surface area contributed by atoms with Crippen LogP contribution in [0.25, 0.3) is 22.3 Å². The fourth-order valence-corrected chi connectivity index (χ4v) is 3.65. The molecule has 1 saturated heterocycles. The Morgan fingerprint density at radius 3 is 2.53 bits per heavy atom. The van der Waals surface area contributed by atoms with E-state index in [1.807, 2.05) is 69.3 Å². The van der Waals surface area contributed by atoms with Gasteiger partial charge in [-0.15, -0.1) is 0 Å². The molecule has 0 bridgehead atoms. The second-order valence-electron chi connectivity index (χ2n) is 8.77. The first kappa shape index (κ1) is 20.1. The number of nitrogens with one attached hydrogen (secondary N) is 1. The van der Waals surface area contributed by atoms with Crippen molar-refractivity contribution in [2.45, 2.75) is 33.2 Å². The lowest BCUT2D eigenvalue weighted by atomic mass is 9.95. The molecule has 0 radical (unpaired) electrons. The normalized spacial score (nSPS) is 16.7. The summed E-state index contributed by atoms with van der Waals surface area (Å²) in [7, 11) is 1.66. The number of nitrogens with zero attached hydrogens (tertiary/aromatic N) is 3. The topological polar surface area (TPSA) is 67.4 Å². The monoisotopic (exact) mass is 404 g/mol. The summed E-state index contributed by atoms with van der Waals surface area (Å²) in [6.45, 7) is 7.34. The molecule has 1 N–H and O–H groups in total. The Kier molecular flexibility index (Phi) is 5.33. The predicted molar refractivity (Wildman–Crippen MR) is 120 cm³/mol. The standard InChI is InChI=1S/C24H28N4O2/c1-24(2,3)23(29)25-17-12-13-28(15-17)22-21(16-8-7-9-18(14-16)30-4)26-19-10-5-6-11-20(19)27-22/h5-11,14,17H,12-13,15H2,1-4H3,(H,25,29). The van der Waals surface area contributed by atoms with Crippen LogP contribution in [0.4, 0.5) is 5.82 Å². The zero-order valence-electron chi connectivity index (χ0n) is 18.0. The summed E-state index contributed by atoms with van der Waals surface area (Å²) in [5.74, 6) is 1.70. The quantitative estimate of drug-likeness (QED) is 0.711. The molecule has 0 spiro atoms. The van der Waals surface area contributed by atoms with Gasteiger partial charge < -0.3 is 15.0 Å². The van der Waals surface area contributed by atoms with Crippen molar-refractivity contribution in [2.75, 3.05) is 25.1 Å². The number of ether oxygens (including phenoxy) is 1. The minimum atomic E-state index is -0.401. The van der Waals surface area contributed by atoms with Crippen molar-refractivity contribution in [1.82, 2.24) is 15.3 Å². The summed E-state index contributed by atoms with van der Waals surface area (Å²) < 4.78 is 5.41. The number of anilines is 1. The smallest absolute Gasteiger partial charge is 0.225 e. The van der Waals surface area contributed by atoms with Crippen LogP contribution in [0.2, 0.25) is 0 Å². The van der Waals surface area contributed by atoms with Crippen molar-refractivity contribution in [3.8, 4) is 17.0 Å². The van der Waals surface area contributed by atoms with Crippen molar-refractivity contribution in [2.24, 2.45) is 5.41 Å². The molecule has 0 saturated carbocycles. The van der Waals surface area contributed by atoms with E-state index in [2.05, 4.69) is 10.2 Å². The van der Waals surface area contributed by atoms with Gasteiger partial charge in [-0.05, 0) is 30.7 Å². The zero-order valence-corrected chi connectivity index (χ0v) is 18.0. The third-order valence-electron chi connectivity index (χ3n) is 5.40. The van der Waals surface area contributed by atoms with Crippen LogP contribution in [0.15, 0.2) is 48.5 Å². The van der Waals surface area contributed by atoms with Crippen LogP contribution in [-0.2, 0) is 4.79 Å². The number of carbonyl (C=O) groups is 1. The summed E-state index contributed by atoms with van der Waals surface area (Å²) in [5.41, 5.74) is 3.11. The molecule has 1 aromatic heterocycles. The maximum atomic E-state index is 12.4. The highest BCUT2D eigenvalue weighted by atomic mass is 16.5. The SMILES string of the molecule is COc1cccc(-c2nc3ccccc3nc2N2CCC(NC(=O)C(C)(C)C)C2)c1. The summed E-state index contributed by atoms with van der Waals surface area (Å²) in [6.07, 6.45) is 0.883. The molecule has 0 aliphatic carbocycles. The Labute approximate surface area is 177 Å². The van der Waals surface area contributed by atoms with Crippen molar-refractivity contribution in [1.29, 1.82) is 0 Å². The molecule has 30 heavy (non-hydrogen) atoms. The van der Waals surface area contributed by atoms with Gasteiger partial charge in [-0.2, -0.15) is 0 Å². The number of fused-ring (bicyclic) bond motifs is 1. The highest BCUT2D eigenvalue weighted by Gasteiger charge is 2.30. The van der Waals surface area contributed by atoms with Crippen LogP contribution in [0, 0.1) is 5.41 Å². The van der Waals surface area contributed by atoms with Crippen LogP contribution < -0.4 is 15.0 Å². The largest absolute Gasteiger partial charge is 0.497 e. The lowest BCUT2D eigenvalue weighted by molar-refractivity contribution is -0.129. The van der Waals surface area contributed by atoms with E-state index in [0.717, 1.165) is 46.8 Å². The Bertz CT molecular complexity index is 1070. The third kappa shape index (κ3) is 4.08. The van der Waals surface area contributed by atoms with Gasteiger partial charge in [-0.25, -0.2) is 9.97 Å². The van der Waals surface area contributed by atoms with Crippen molar-refractivity contribution >= 4 is 22.8 Å². The van der Waals surface area contributed by atoms with Gasteiger partial charge in [0, 0.05) is 30.1 Å². The number of para-hydroxylation sites is 2. The molecule has 1 unspecified atom stereocenters. The van der Waals surface area contributed by atoms with Crippen LogP contribution in [0.1, 0.15) is 27.2 Å². The number of aromatic nitrogens is 2. The first-order valence-electron chi connectivity index (χ1n) is 10.3. The lowest BCUT2D eigenvalue weighted by Gasteiger charge is -2.23. The van der Waals surface area contributed by atoms with Crippen molar-refractivity contribution < 1.29 is 9.53 Å². The molecule has 1 fully saturated rings. The van der Waals surface area contributed by atoms with E-state index in [1.165, 1.54) is 0 Å². The van der Waals surface area contributed by atoms with Crippen molar-refractivity contribution in [3.05, 3.63) is 48.5 Å². The highest BCUT2D eigenvalue weighted by Crippen LogP contribution is 2.33. The number of hydrogen-bond acceptors (Lipinski definition) is 5. The van der Waals surface area contributed by atoms with Gasteiger partial charge >= 0.3 is 0 Å². The molecular weight excluding hydrogens is 376 g/mol. The fraction of sp³-hybridized carbons (Fsp3) is 0.375. The highest BCUT2D eigenvalue weighted by molar-refractivity contribution is 5.84. The first-order valence-corrected chi connectivity index (χ1v) is 10.3. The molecule has 3 aromatic rings. The minimum absolute atomic E-state index is 0.0759. The van der Waals surface area contributed by atoms with Crippen LogP contribution in [-0.4, -0.2) is 42.1 Å². The number of carbonyl (C=O) groups excluding carboxylic acids is 1. The summed E-state index contributed by atoms with van der Waals surface area (Å²) in [4.78, 5) is 24.6. The number of rotatable bonds is 4. The maximum absolute atomic E-state index is 12.4. The average Bonchev–Trinajstić information content (AvgIpc) is 3.20. The second-order valence-corrected chi connectivity index (χ2v) is 8.77. The number of benzene rings is 2. The van der Waals surface area contributed by atoms with Gasteiger partial charge in [0.2, 0.25) is 5.91 Å². The van der Waals surface area contributed by atoms with Gasteiger partial charge in [-0.1, -0.05) is 45.0 Å². The molecule has 6 heteroatoms. The maximum Gasteiger partial charge on any atom is 0.225 e. The molecule has 4 rings (SSSR count). The minimum Gasteiger partial charge on any atom is -0.497 e. The van der Waals surface area contributed by atoms with Gasteiger partial charge in [0.25, 0.3) is 0 Å². The summed E-state index contributed by atoms with van der Waals surface area (Å²) >= 11 is 0. The van der Waals surface area contributed by atoms with Crippen LogP contribution >= 0.6 is 0 Å². The van der Waals surface area contributed by atoms with E-state index in [0.29, 0.717) is 6.54 Å². The van der Waals surface area contributed by atoms with E-state index < -0.39 is 5.41 Å². The third-order valence-corrected chi connectivity index (χ3v) is 5.40. The molecule has 6 nitrogen and oxygen atoms in total.